The second-order valence-electron chi connectivity index (χ2n) is 12.2. The lowest BCUT2D eigenvalue weighted by Crippen LogP contribution is -2.47. The lowest BCUT2D eigenvalue weighted by atomic mass is 9.93. The molecule has 3 aliphatic rings. The molecule has 13 heteroatoms. The van der Waals surface area contributed by atoms with Gasteiger partial charge >= 0.3 is 0 Å². The summed E-state index contributed by atoms with van der Waals surface area (Å²) in [4.78, 5) is 41.0. The van der Waals surface area contributed by atoms with Crippen molar-refractivity contribution in [1.29, 1.82) is 5.26 Å². The first kappa shape index (κ1) is 32.2. The molecule has 1 aliphatic carbocycles. The van der Waals surface area contributed by atoms with Gasteiger partial charge in [-0.1, -0.05) is 23.7 Å². The Morgan fingerprint density at radius 3 is 2.51 bits per heavy atom. The van der Waals surface area contributed by atoms with Crippen molar-refractivity contribution in [1.82, 2.24) is 25.7 Å². The van der Waals surface area contributed by atoms with E-state index in [1.54, 1.807) is 24.3 Å². The summed E-state index contributed by atoms with van der Waals surface area (Å²) in [6.07, 6.45) is 4.02. The van der Waals surface area contributed by atoms with Crippen LogP contribution in [0, 0.1) is 11.3 Å². The van der Waals surface area contributed by atoms with E-state index < -0.39 is 6.04 Å². The number of imide groups is 1. The number of nitrogens with one attached hydrogen (secondary N) is 3. The number of anilines is 2. The van der Waals surface area contributed by atoms with Crippen molar-refractivity contribution in [2.75, 3.05) is 36.4 Å². The highest BCUT2D eigenvalue weighted by molar-refractivity contribution is 6.31. The number of nitriles is 1. The predicted octanol–water partition coefficient (Wildman–Crippen LogP) is 3.66. The molecule has 0 spiro atoms. The van der Waals surface area contributed by atoms with Crippen LogP contribution in [-0.4, -0.2) is 77.2 Å². The van der Waals surface area contributed by atoms with Gasteiger partial charge in [-0.3, -0.25) is 24.6 Å². The molecule has 3 N–H and O–H groups in total. The number of carbonyl (C=O) groups excluding carboxylic acids is 3. The first-order valence-electron chi connectivity index (χ1n) is 16.0. The smallest absolute Gasteiger partial charge is 0.272 e. The number of aromatic nitrogens is 2. The van der Waals surface area contributed by atoms with Gasteiger partial charge in [-0.25, -0.2) is 0 Å². The average Bonchev–Trinajstić information content (AvgIpc) is 3.08. The van der Waals surface area contributed by atoms with Crippen LogP contribution in [0.15, 0.2) is 54.6 Å². The SMILES string of the molecule is N#Cc1ccc(OC2CCC(NC(=O)c3ccc(N4CCN(Cc5cccc(NC6CCC(=O)NC6=O)c5)CC4)nn3)CC2)cc1Cl. The molecule has 2 aliphatic heterocycles. The molecule has 3 aromatic rings. The maximum Gasteiger partial charge on any atom is 0.272 e. The Morgan fingerprint density at radius 2 is 1.81 bits per heavy atom. The quantitative estimate of drug-likeness (QED) is 0.291. The Kier molecular flexibility index (Phi) is 10.1. The summed E-state index contributed by atoms with van der Waals surface area (Å²) < 4.78 is 6.06. The van der Waals surface area contributed by atoms with Gasteiger partial charge in [0.1, 0.15) is 17.9 Å². The molecular formula is C34H37ClN8O4. The third-order valence-electron chi connectivity index (χ3n) is 8.87. The molecule has 3 amide bonds. The maximum atomic E-state index is 12.9. The number of halogens is 1. The minimum absolute atomic E-state index is 0.0267. The maximum absolute atomic E-state index is 12.9. The molecule has 3 fully saturated rings. The number of nitrogens with zero attached hydrogens (tertiary/aromatic N) is 5. The van der Waals surface area contributed by atoms with E-state index in [1.165, 1.54) is 0 Å². The van der Waals surface area contributed by atoms with Crippen molar-refractivity contribution in [3.05, 3.63) is 76.4 Å². The fourth-order valence-corrected chi connectivity index (χ4v) is 6.45. The summed E-state index contributed by atoms with van der Waals surface area (Å²) in [6.45, 7) is 4.04. The summed E-state index contributed by atoms with van der Waals surface area (Å²) in [5.41, 5.74) is 2.72. The van der Waals surface area contributed by atoms with E-state index in [0.717, 1.165) is 75.5 Å². The van der Waals surface area contributed by atoms with Crippen LogP contribution in [0.3, 0.4) is 0 Å². The highest BCUT2D eigenvalue weighted by atomic mass is 35.5. The molecule has 0 radical (unpaired) electrons. The molecule has 12 nitrogen and oxygen atoms in total. The van der Waals surface area contributed by atoms with Crippen molar-refractivity contribution in [2.24, 2.45) is 0 Å². The number of benzene rings is 2. The van der Waals surface area contributed by atoms with Gasteiger partial charge in [0.2, 0.25) is 11.8 Å². The minimum atomic E-state index is -0.409. The Balaban J connectivity index is 0.926. The molecule has 1 atom stereocenters. The number of amides is 3. The Hall–Kier alpha value is -4.73. The first-order chi connectivity index (χ1) is 22.8. The van der Waals surface area contributed by atoms with Crippen LogP contribution in [0.25, 0.3) is 0 Å². The molecule has 6 rings (SSSR count). The summed E-state index contributed by atoms with van der Waals surface area (Å²) in [5, 5.41) is 26.8. The zero-order valence-electron chi connectivity index (χ0n) is 26.0. The van der Waals surface area contributed by atoms with Gasteiger partial charge in [0, 0.05) is 56.9 Å². The lowest BCUT2D eigenvalue weighted by molar-refractivity contribution is -0.133. The van der Waals surface area contributed by atoms with E-state index in [-0.39, 0.29) is 29.9 Å². The van der Waals surface area contributed by atoms with E-state index in [0.29, 0.717) is 34.9 Å². The molecule has 1 saturated carbocycles. The second-order valence-corrected chi connectivity index (χ2v) is 12.6. The topological polar surface area (TPSA) is 153 Å². The normalized spacial score (nSPS) is 21.8. The number of hydrogen-bond acceptors (Lipinski definition) is 10. The number of carbonyl (C=O) groups is 3. The van der Waals surface area contributed by atoms with Gasteiger partial charge < -0.3 is 20.3 Å². The predicted molar refractivity (Wildman–Crippen MR) is 176 cm³/mol. The zero-order chi connectivity index (χ0) is 32.8. The standard InChI is InChI=1S/C34H37ClN8O4/c35-28-19-27(7-4-23(28)20-36)47-26-8-5-24(6-9-26)38-34(46)30-10-12-31(41-40-30)43-16-14-42(15-17-43)21-22-2-1-3-25(18-22)37-29-11-13-32(44)39-33(29)45/h1-4,7,10,12,18-19,24,26,29,37H,5-6,8-9,11,13-17,21H2,(H,38,46)(H,39,44,45). The minimum Gasteiger partial charge on any atom is -0.490 e. The van der Waals surface area contributed by atoms with Crippen molar-refractivity contribution in [3.63, 3.8) is 0 Å². The summed E-state index contributed by atoms with van der Waals surface area (Å²) >= 11 is 6.12. The van der Waals surface area contributed by atoms with Crippen LogP contribution in [0.2, 0.25) is 5.02 Å². The van der Waals surface area contributed by atoms with Gasteiger partial charge in [-0.2, -0.15) is 5.26 Å². The van der Waals surface area contributed by atoms with Crippen molar-refractivity contribution in [3.8, 4) is 11.8 Å². The molecular weight excluding hydrogens is 620 g/mol. The van der Waals surface area contributed by atoms with E-state index in [2.05, 4.69) is 48.1 Å². The van der Waals surface area contributed by atoms with Crippen LogP contribution in [0.1, 0.15) is 60.1 Å². The van der Waals surface area contributed by atoms with E-state index >= 15 is 0 Å². The van der Waals surface area contributed by atoms with Gasteiger partial charge in [-0.15, -0.1) is 10.2 Å². The largest absolute Gasteiger partial charge is 0.490 e. The fourth-order valence-electron chi connectivity index (χ4n) is 6.24. The molecule has 1 unspecified atom stereocenters. The van der Waals surface area contributed by atoms with Gasteiger partial charge in [-0.05, 0) is 74.1 Å². The van der Waals surface area contributed by atoms with Crippen molar-refractivity contribution < 1.29 is 19.1 Å². The van der Waals surface area contributed by atoms with Crippen LogP contribution in [0.5, 0.6) is 5.75 Å². The number of hydrogen-bond donors (Lipinski definition) is 3. The molecule has 47 heavy (non-hydrogen) atoms. The summed E-state index contributed by atoms with van der Waals surface area (Å²) in [6, 6.07) is 18.4. The number of rotatable bonds is 9. The van der Waals surface area contributed by atoms with E-state index in [4.69, 9.17) is 21.6 Å². The van der Waals surface area contributed by atoms with Gasteiger partial charge in [0.25, 0.3) is 5.91 Å². The third kappa shape index (κ3) is 8.36. The highest BCUT2D eigenvalue weighted by Crippen LogP contribution is 2.27. The average molecular weight is 657 g/mol. The molecule has 1 aromatic heterocycles. The molecule has 0 bridgehead atoms. The second kappa shape index (κ2) is 14.8. The first-order valence-corrected chi connectivity index (χ1v) is 16.4. The van der Waals surface area contributed by atoms with Gasteiger partial charge in [0.05, 0.1) is 16.7 Å². The lowest BCUT2D eigenvalue weighted by Gasteiger charge is -2.35. The fraction of sp³-hybridized carbons (Fsp3) is 0.412. The number of ether oxygens (including phenoxy) is 1. The monoisotopic (exact) mass is 656 g/mol. The zero-order valence-corrected chi connectivity index (χ0v) is 26.7. The van der Waals surface area contributed by atoms with E-state index in [9.17, 15) is 14.4 Å². The Labute approximate surface area is 278 Å². The third-order valence-corrected chi connectivity index (χ3v) is 9.18. The Bertz CT molecular complexity index is 1650. The van der Waals surface area contributed by atoms with Crippen molar-refractivity contribution >= 4 is 40.8 Å². The number of piperidine rings is 1. The van der Waals surface area contributed by atoms with Crippen LogP contribution >= 0.6 is 11.6 Å². The molecule has 2 aromatic carbocycles. The van der Waals surface area contributed by atoms with Crippen LogP contribution in [-0.2, 0) is 16.1 Å². The van der Waals surface area contributed by atoms with Crippen LogP contribution < -0.4 is 25.6 Å². The Morgan fingerprint density at radius 1 is 1.00 bits per heavy atom. The van der Waals surface area contributed by atoms with Crippen molar-refractivity contribution in [2.45, 2.75) is 63.3 Å². The highest BCUT2D eigenvalue weighted by Gasteiger charge is 2.27. The van der Waals surface area contributed by atoms with E-state index in [1.807, 2.05) is 24.3 Å². The molecule has 3 heterocycles. The summed E-state index contributed by atoms with van der Waals surface area (Å²) in [5.74, 6) is 0.657. The molecule has 2 saturated heterocycles. The summed E-state index contributed by atoms with van der Waals surface area (Å²) in [7, 11) is 0. The van der Waals surface area contributed by atoms with Gasteiger partial charge in [0.15, 0.2) is 11.5 Å². The van der Waals surface area contributed by atoms with Crippen LogP contribution in [0.4, 0.5) is 11.5 Å². The number of piperazine rings is 1. The molecule has 244 valence electrons.